The molecule has 0 N–H and O–H groups in total. The summed E-state index contributed by atoms with van der Waals surface area (Å²) in [6.07, 6.45) is 6.13. The predicted molar refractivity (Wildman–Crippen MR) is 79.5 cm³/mol. The molecule has 3 heteroatoms. The minimum absolute atomic E-state index is 0.0324. The number of hydrogen-bond donors (Lipinski definition) is 0. The fourth-order valence-electron chi connectivity index (χ4n) is 2.70. The minimum Gasteiger partial charge on any atom is -0.303 e. The van der Waals surface area contributed by atoms with Crippen LogP contribution in [0, 0.1) is 11.3 Å². The van der Waals surface area contributed by atoms with Crippen LogP contribution >= 0.6 is 11.3 Å². The largest absolute Gasteiger partial charge is 0.303 e. The van der Waals surface area contributed by atoms with Gasteiger partial charge in [-0.05, 0) is 24.0 Å². The summed E-state index contributed by atoms with van der Waals surface area (Å²) in [6.45, 7) is 4.45. The Labute approximate surface area is 117 Å². The average Bonchev–Trinajstić information content (AvgIpc) is 2.81. The van der Waals surface area contributed by atoms with Gasteiger partial charge in [0.2, 0.25) is 0 Å². The van der Waals surface area contributed by atoms with Gasteiger partial charge in [-0.3, -0.25) is 0 Å². The van der Waals surface area contributed by atoms with E-state index in [9.17, 15) is 4.79 Å². The number of carbonyl (C=O) groups excluding carboxylic acids is 1. The number of aldehydes is 1. The van der Waals surface area contributed by atoms with Crippen molar-refractivity contribution in [3.63, 3.8) is 0 Å². The van der Waals surface area contributed by atoms with Crippen molar-refractivity contribution in [2.45, 2.75) is 26.2 Å². The van der Waals surface area contributed by atoms with Crippen LogP contribution in [0.5, 0.6) is 0 Å². The molecule has 2 nitrogen and oxygen atoms in total. The Hall–Kier alpha value is -1.48. The zero-order valence-electron chi connectivity index (χ0n) is 11.2. The summed E-state index contributed by atoms with van der Waals surface area (Å²) in [5, 5.41) is 1.16. The van der Waals surface area contributed by atoms with E-state index in [2.05, 4.69) is 32.1 Å². The summed E-state index contributed by atoms with van der Waals surface area (Å²) in [4.78, 5) is 15.8. The molecule has 2 unspecified atom stereocenters. The van der Waals surface area contributed by atoms with E-state index in [1.54, 1.807) is 11.3 Å². The van der Waals surface area contributed by atoms with Crippen LogP contribution in [0.1, 0.15) is 31.2 Å². The highest BCUT2D eigenvalue weighted by Gasteiger charge is 2.35. The predicted octanol–water partition coefficient (Wildman–Crippen LogP) is 4.18. The maximum Gasteiger partial charge on any atom is 0.126 e. The summed E-state index contributed by atoms with van der Waals surface area (Å²) in [6, 6.07) is 8.23. The first-order valence-corrected chi connectivity index (χ1v) is 7.42. The quantitative estimate of drug-likeness (QED) is 0.606. The van der Waals surface area contributed by atoms with Crippen molar-refractivity contribution in [2.24, 2.45) is 11.3 Å². The molecule has 0 saturated heterocycles. The number of para-hydroxylation sites is 1. The van der Waals surface area contributed by atoms with Crippen LogP contribution in [-0.2, 0) is 4.79 Å². The number of nitrogens with zero attached hydrogens (tertiary/aromatic N) is 1. The fourth-order valence-corrected chi connectivity index (χ4v) is 3.98. The number of hydrogen-bond acceptors (Lipinski definition) is 3. The van der Waals surface area contributed by atoms with Crippen molar-refractivity contribution in [3.8, 4) is 0 Å². The molecule has 98 valence electrons. The number of aromatic nitrogens is 1. The number of fused-ring (bicyclic) bond motifs is 1. The van der Waals surface area contributed by atoms with Crippen LogP contribution < -0.4 is 0 Å². The Kier molecular flexibility index (Phi) is 3.02. The lowest BCUT2D eigenvalue weighted by molar-refractivity contribution is -0.110. The van der Waals surface area contributed by atoms with Gasteiger partial charge in [-0.15, -0.1) is 11.3 Å². The van der Waals surface area contributed by atoms with Gasteiger partial charge in [0.15, 0.2) is 0 Å². The van der Waals surface area contributed by atoms with Crippen LogP contribution in [0.2, 0.25) is 0 Å². The Balaban J connectivity index is 2.04. The first-order chi connectivity index (χ1) is 9.10. The molecule has 3 rings (SSSR count). The highest BCUT2D eigenvalue weighted by molar-refractivity contribution is 7.18. The summed E-state index contributed by atoms with van der Waals surface area (Å²) < 4.78 is 1.23. The second-order valence-corrected chi connectivity index (χ2v) is 6.85. The van der Waals surface area contributed by atoms with Gasteiger partial charge in [-0.25, -0.2) is 4.98 Å². The lowest BCUT2D eigenvalue weighted by Crippen LogP contribution is -2.26. The van der Waals surface area contributed by atoms with Crippen LogP contribution in [0.25, 0.3) is 10.2 Å². The normalized spacial score (nSPS) is 25.6. The first-order valence-electron chi connectivity index (χ1n) is 6.60. The summed E-state index contributed by atoms with van der Waals surface area (Å²) in [5.41, 5.74) is 1.13. The monoisotopic (exact) mass is 271 g/mol. The molecule has 2 atom stereocenters. The summed E-state index contributed by atoms with van der Waals surface area (Å²) in [5.74, 6) is 0.357. The van der Waals surface area contributed by atoms with Gasteiger partial charge in [0.25, 0.3) is 0 Å². The third-order valence-corrected chi connectivity index (χ3v) is 5.11. The zero-order valence-corrected chi connectivity index (χ0v) is 12.0. The Morgan fingerprint density at radius 2 is 2.16 bits per heavy atom. The summed E-state index contributed by atoms with van der Waals surface area (Å²) in [7, 11) is 0. The third kappa shape index (κ3) is 2.23. The van der Waals surface area contributed by atoms with Gasteiger partial charge in [0, 0.05) is 11.8 Å². The van der Waals surface area contributed by atoms with E-state index in [-0.39, 0.29) is 11.3 Å². The Morgan fingerprint density at radius 3 is 2.89 bits per heavy atom. The molecule has 0 bridgehead atoms. The highest BCUT2D eigenvalue weighted by Crippen LogP contribution is 2.46. The smallest absolute Gasteiger partial charge is 0.126 e. The molecule has 0 saturated carbocycles. The number of allylic oxidation sites excluding steroid dienone is 2. The molecule has 0 spiro atoms. The molecular weight excluding hydrogens is 254 g/mol. The fraction of sp³-hybridized carbons (Fsp3) is 0.375. The van der Waals surface area contributed by atoms with Crippen LogP contribution in [0.15, 0.2) is 36.4 Å². The Morgan fingerprint density at radius 1 is 1.37 bits per heavy atom. The van der Waals surface area contributed by atoms with Gasteiger partial charge in [-0.2, -0.15) is 0 Å². The average molecular weight is 271 g/mol. The molecule has 1 aliphatic carbocycles. The Bertz CT molecular complexity index is 608. The van der Waals surface area contributed by atoms with E-state index in [1.807, 2.05) is 18.2 Å². The van der Waals surface area contributed by atoms with Crippen molar-refractivity contribution >= 4 is 27.8 Å². The van der Waals surface area contributed by atoms with Crippen molar-refractivity contribution in [1.29, 1.82) is 0 Å². The van der Waals surface area contributed by atoms with E-state index in [0.29, 0.717) is 5.92 Å². The van der Waals surface area contributed by atoms with Crippen LogP contribution in [-0.4, -0.2) is 11.3 Å². The van der Waals surface area contributed by atoms with E-state index < -0.39 is 0 Å². The number of rotatable bonds is 2. The molecule has 0 amide bonds. The third-order valence-electron chi connectivity index (χ3n) is 3.96. The van der Waals surface area contributed by atoms with Gasteiger partial charge in [0.05, 0.1) is 15.2 Å². The number of benzene rings is 1. The van der Waals surface area contributed by atoms with E-state index in [0.717, 1.165) is 23.2 Å². The lowest BCUT2D eigenvalue weighted by atomic mass is 9.70. The maximum atomic E-state index is 11.1. The minimum atomic E-state index is 0.0324. The number of thiazole rings is 1. The van der Waals surface area contributed by atoms with E-state index in [4.69, 9.17) is 4.98 Å². The van der Waals surface area contributed by atoms with Gasteiger partial charge < -0.3 is 4.79 Å². The van der Waals surface area contributed by atoms with Crippen molar-refractivity contribution < 1.29 is 4.79 Å². The first kappa shape index (κ1) is 12.5. The molecule has 2 aromatic rings. The van der Waals surface area contributed by atoms with Crippen molar-refractivity contribution in [2.75, 3.05) is 0 Å². The molecule has 19 heavy (non-hydrogen) atoms. The van der Waals surface area contributed by atoms with Crippen molar-refractivity contribution in [1.82, 2.24) is 4.98 Å². The molecular formula is C16H17NOS. The van der Waals surface area contributed by atoms with Crippen molar-refractivity contribution in [3.05, 3.63) is 41.4 Å². The van der Waals surface area contributed by atoms with Gasteiger partial charge in [0.1, 0.15) is 6.29 Å². The highest BCUT2D eigenvalue weighted by atomic mass is 32.1. The zero-order chi connectivity index (χ0) is 13.5. The number of carbonyl (C=O) groups is 1. The standard InChI is InChI=1S/C16H17NOS/c1-16(2)8-7-11(10-18)9-12(16)15-17-13-5-3-4-6-14(13)19-15/h3-8,10-12H,9H2,1-2H3. The molecule has 0 fully saturated rings. The summed E-state index contributed by atoms with van der Waals surface area (Å²) >= 11 is 1.76. The van der Waals surface area contributed by atoms with Crippen LogP contribution in [0.3, 0.4) is 0 Å². The van der Waals surface area contributed by atoms with Gasteiger partial charge >= 0.3 is 0 Å². The van der Waals surface area contributed by atoms with E-state index in [1.165, 1.54) is 4.70 Å². The molecule has 1 heterocycles. The topological polar surface area (TPSA) is 30.0 Å². The second-order valence-electron chi connectivity index (χ2n) is 5.79. The molecule has 0 radical (unpaired) electrons. The molecule has 1 aliphatic rings. The maximum absolute atomic E-state index is 11.1. The SMILES string of the molecule is CC1(C)C=CC(C=O)CC1c1nc2ccccc2s1. The second kappa shape index (κ2) is 4.57. The molecule has 1 aromatic carbocycles. The lowest BCUT2D eigenvalue weighted by Gasteiger charge is -2.35. The molecule has 0 aliphatic heterocycles. The molecule has 1 aromatic heterocycles. The van der Waals surface area contributed by atoms with Gasteiger partial charge in [-0.1, -0.05) is 38.1 Å². The van der Waals surface area contributed by atoms with Crippen LogP contribution in [0.4, 0.5) is 0 Å². The van der Waals surface area contributed by atoms with E-state index >= 15 is 0 Å².